The van der Waals surface area contributed by atoms with Crippen molar-refractivity contribution in [2.75, 3.05) is 46.5 Å². The monoisotopic (exact) mass is 340 g/mol. The number of aromatic nitrogens is 1. The van der Waals surface area contributed by atoms with Crippen molar-refractivity contribution in [3.05, 3.63) is 30.1 Å². The molecule has 2 rings (SSSR count). The number of rotatable bonds is 4. The topological polar surface area (TPSA) is 73.8 Å². The molecule has 1 saturated heterocycles. The van der Waals surface area contributed by atoms with Gasteiger partial charge in [-0.25, -0.2) is 12.7 Å². The van der Waals surface area contributed by atoms with Crippen molar-refractivity contribution in [2.45, 2.75) is 6.54 Å². The molecule has 0 bridgehead atoms. The first-order valence-electron chi connectivity index (χ1n) is 7.56. The number of sulfonamides is 1. The van der Waals surface area contributed by atoms with Crippen LogP contribution in [0.2, 0.25) is 0 Å². The molecular weight excluding hydrogens is 316 g/mol. The van der Waals surface area contributed by atoms with Crippen LogP contribution in [0, 0.1) is 5.92 Å². The minimum Gasteiger partial charge on any atom is -0.348 e. The Kier molecular flexibility index (Phi) is 5.72. The molecule has 1 unspecified atom stereocenters. The van der Waals surface area contributed by atoms with Crippen LogP contribution in [0.3, 0.4) is 0 Å². The third kappa shape index (κ3) is 4.98. The van der Waals surface area contributed by atoms with Crippen LogP contribution in [0.4, 0.5) is 0 Å². The van der Waals surface area contributed by atoms with E-state index in [1.54, 1.807) is 20.3 Å². The van der Waals surface area contributed by atoms with E-state index >= 15 is 0 Å². The van der Waals surface area contributed by atoms with Gasteiger partial charge in [-0.15, -0.1) is 0 Å². The Labute approximate surface area is 137 Å². The van der Waals surface area contributed by atoms with Crippen molar-refractivity contribution in [1.29, 1.82) is 0 Å². The lowest BCUT2D eigenvalue weighted by molar-refractivity contribution is -0.133. The van der Waals surface area contributed by atoms with E-state index in [1.807, 2.05) is 18.2 Å². The van der Waals surface area contributed by atoms with Gasteiger partial charge in [0.05, 0.1) is 17.9 Å². The molecule has 1 fully saturated rings. The highest BCUT2D eigenvalue weighted by Crippen LogP contribution is 2.16. The van der Waals surface area contributed by atoms with Crippen LogP contribution in [0.15, 0.2) is 24.4 Å². The smallest absolute Gasteiger partial charge is 0.227 e. The van der Waals surface area contributed by atoms with E-state index in [0.29, 0.717) is 26.2 Å². The predicted molar refractivity (Wildman–Crippen MR) is 88.1 cm³/mol. The van der Waals surface area contributed by atoms with Crippen molar-refractivity contribution < 1.29 is 13.2 Å². The Hall–Kier alpha value is -1.51. The van der Waals surface area contributed by atoms with Gasteiger partial charge in [0.15, 0.2) is 0 Å². The highest BCUT2D eigenvalue weighted by Gasteiger charge is 2.32. The number of nitrogens with zero attached hydrogens (tertiary/aromatic N) is 4. The van der Waals surface area contributed by atoms with Gasteiger partial charge in [0.1, 0.15) is 0 Å². The second kappa shape index (κ2) is 7.37. The van der Waals surface area contributed by atoms with Gasteiger partial charge in [0.2, 0.25) is 15.9 Å². The van der Waals surface area contributed by atoms with Crippen LogP contribution in [0.1, 0.15) is 5.69 Å². The maximum atomic E-state index is 12.4. The van der Waals surface area contributed by atoms with Crippen molar-refractivity contribution in [1.82, 2.24) is 19.1 Å². The maximum absolute atomic E-state index is 12.4. The largest absolute Gasteiger partial charge is 0.348 e. The normalized spacial score (nSPS) is 20.9. The number of pyridine rings is 1. The summed E-state index contributed by atoms with van der Waals surface area (Å²) in [5.74, 6) is -0.419. The minimum atomic E-state index is -3.32. The minimum absolute atomic E-state index is 0.0495. The van der Waals surface area contributed by atoms with E-state index in [0.717, 1.165) is 5.69 Å². The van der Waals surface area contributed by atoms with E-state index in [-0.39, 0.29) is 18.4 Å². The van der Waals surface area contributed by atoms with Crippen LogP contribution in [-0.4, -0.2) is 79.9 Å². The number of amides is 1. The molecule has 0 aromatic carbocycles. The van der Waals surface area contributed by atoms with Gasteiger partial charge in [-0.3, -0.25) is 14.7 Å². The van der Waals surface area contributed by atoms with Gasteiger partial charge < -0.3 is 4.90 Å². The molecule has 8 heteroatoms. The quantitative estimate of drug-likeness (QED) is 0.763. The Morgan fingerprint density at radius 3 is 2.61 bits per heavy atom. The molecule has 0 spiro atoms. The second-order valence-corrected chi connectivity index (χ2v) is 8.09. The molecule has 1 aliphatic rings. The summed E-state index contributed by atoms with van der Waals surface area (Å²) in [5.41, 5.74) is 0.913. The fourth-order valence-electron chi connectivity index (χ4n) is 2.74. The van der Waals surface area contributed by atoms with Gasteiger partial charge in [-0.2, -0.15) is 0 Å². The van der Waals surface area contributed by atoms with E-state index in [4.69, 9.17) is 0 Å². The Balaban J connectivity index is 2.17. The molecule has 23 heavy (non-hydrogen) atoms. The van der Waals surface area contributed by atoms with Gasteiger partial charge in [0, 0.05) is 53.0 Å². The summed E-state index contributed by atoms with van der Waals surface area (Å²) >= 11 is 0. The molecule has 7 nitrogen and oxygen atoms in total. The van der Waals surface area contributed by atoms with E-state index in [1.165, 1.54) is 15.5 Å². The maximum Gasteiger partial charge on any atom is 0.227 e. The molecular formula is C15H24N4O3S. The lowest BCUT2D eigenvalue weighted by Crippen LogP contribution is -2.41. The Bertz CT molecular complexity index is 633. The molecule has 1 amide bonds. The number of carbonyl (C=O) groups excluding carboxylic acids is 1. The third-order valence-corrected chi connectivity index (χ3v) is 5.21. The SMILES string of the molecule is CN(C)C(=O)C1CN(Cc2ccccn2)CCN(S(C)(=O)=O)C1. The first-order valence-corrected chi connectivity index (χ1v) is 9.40. The van der Waals surface area contributed by atoms with E-state index in [2.05, 4.69) is 9.88 Å². The van der Waals surface area contributed by atoms with Gasteiger partial charge in [-0.1, -0.05) is 6.07 Å². The molecule has 1 aromatic heterocycles. The summed E-state index contributed by atoms with van der Waals surface area (Å²) in [7, 11) is 0.0737. The lowest BCUT2D eigenvalue weighted by Gasteiger charge is -2.25. The van der Waals surface area contributed by atoms with Crippen molar-refractivity contribution in [2.24, 2.45) is 5.92 Å². The number of carbonyl (C=O) groups is 1. The number of hydrogen-bond acceptors (Lipinski definition) is 5. The zero-order valence-electron chi connectivity index (χ0n) is 13.8. The zero-order valence-corrected chi connectivity index (χ0v) is 14.7. The average Bonchev–Trinajstić information content (AvgIpc) is 2.70. The van der Waals surface area contributed by atoms with Gasteiger partial charge >= 0.3 is 0 Å². The zero-order chi connectivity index (χ0) is 17.0. The van der Waals surface area contributed by atoms with Crippen LogP contribution in [0.5, 0.6) is 0 Å². The van der Waals surface area contributed by atoms with Crippen LogP contribution < -0.4 is 0 Å². The summed E-state index contributed by atoms with van der Waals surface area (Å²) < 4.78 is 25.2. The van der Waals surface area contributed by atoms with Gasteiger partial charge in [0.25, 0.3) is 0 Å². The van der Waals surface area contributed by atoms with Crippen molar-refractivity contribution in [3.8, 4) is 0 Å². The molecule has 1 aliphatic heterocycles. The van der Waals surface area contributed by atoms with Crippen LogP contribution in [0.25, 0.3) is 0 Å². The number of hydrogen-bond donors (Lipinski definition) is 0. The fraction of sp³-hybridized carbons (Fsp3) is 0.600. The first-order chi connectivity index (χ1) is 10.8. The summed E-state index contributed by atoms with van der Waals surface area (Å²) in [6.45, 7) is 2.34. The highest BCUT2D eigenvalue weighted by molar-refractivity contribution is 7.88. The van der Waals surface area contributed by atoms with Crippen molar-refractivity contribution in [3.63, 3.8) is 0 Å². The van der Waals surface area contributed by atoms with E-state index < -0.39 is 10.0 Å². The van der Waals surface area contributed by atoms with E-state index in [9.17, 15) is 13.2 Å². The molecule has 1 aromatic rings. The molecule has 1 atom stereocenters. The molecule has 0 saturated carbocycles. The van der Waals surface area contributed by atoms with Gasteiger partial charge in [-0.05, 0) is 12.1 Å². The molecule has 0 N–H and O–H groups in total. The van der Waals surface area contributed by atoms with Crippen molar-refractivity contribution >= 4 is 15.9 Å². The lowest BCUT2D eigenvalue weighted by atomic mass is 10.1. The summed E-state index contributed by atoms with van der Waals surface area (Å²) in [6, 6.07) is 5.71. The molecule has 128 valence electrons. The first kappa shape index (κ1) is 17.8. The second-order valence-electron chi connectivity index (χ2n) is 6.11. The summed E-state index contributed by atoms with van der Waals surface area (Å²) in [5, 5.41) is 0. The third-order valence-electron chi connectivity index (χ3n) is 3.94. The fourth-order valence-corrected chi connectivity index (χ4v) is 3.60. The molecule has 0 radical (unpaired) electrons. The molecule has 0 aliphatic carbocycles. The van der Waals surface area contributed by atoms with Crippen LogP contribution >= 0.6 is 0 Å². The summed E-state index contributed by atoms with van der Waals surface area (Å²) in [4.78, 5) is 20.3. The molecule has 2 heterocycles. The van der Waals surface area contributed by atoms with Crippen LogP contribution in [-0.2, 0) is 21.4 Å². The average molecular weight is 340 g/mol. The highest BCUT2D eigenvalue weighted by atomic mass is 32.2. The Morgan fingerprint density at radius 2 is 2.04 bits per heavy atom. The summed E-state index contributed by atoms with van der Waals surface area (Å²) in [6.07, 6.45) is 2.93. The Morgan fingerprint density at radius 1 is 1.30 bits per heavy atom. The standard InChI is InChI=1S/C15H24N4O3S/c1-17(2)15(20)13-10-18(12-14-6-4-5-7-16-14)8-9-19(11-13)23(3,21)22/h4-7,13H,8-12H2,1-3H3. The predicted octanol–water partition coefficient (Wildman–Crippen LogP) is -0.137.